The number of carbonyl (C=O) groups excluding carboxylic acids is 1. The van der Waals surface area contributed by atoms with E-state index >= 15 is 0 Å². The molecule has 1 saturated heterocycles. The maximum Gasteiger partial charge on any atom is 0.238 e. The molecule has 4 heteroatoms. The average Bonchev–Trinajstić information content (AvgIpc) is 2.50. The van der Waals surface area contributed by atoms with Crippen molar-refractivity contribution in [3.63, 3.8) is 0 Å². The molecular formula is C17H27N3O. The van der Waals surface area contributed by atoms with Gasteiger partial charge < -0.3 is 11.1 Å². The molecule has 0 saturated carbocycles. The molecule has 4 nitrogen and oxygen atoms in total. The Morgan fingerprint density at radius 1 is 1.29 bits per heavy atom. The second-order valence-electron chi connectivity index (χ2n) is 5.90. The Hall–Kier alpha value is -1.39. The van der Waals surface area contributed by atoms with Gasteiger partial charge in [-0.1, -0.05) is 19.1 Å². The first-order valence-corrected chi connectivity index (χ1v) is 8.02. The number of anilines is 1. The molecule has 1 aromatic carbocycles. The molecule has 0 aromatic heterocycles. The molecule has 1 aliphatic heterocycles. The number of aryl methyl sites for hydroxylation is 1. The van der Waals surface area contributed by atoms with E-state index < -0.39 is 0 Å². The fraction of sp³-hybridized carbons (Fsp3) is 0.588. The minimum Gasteiger partial charge on any atom is -0.330 e. The minimum absolute atomic E-state index is 0.0801. The Balaban J connectivity index is 1.74. The van der Waals surface area contributed by atoms with Crippen molar-refractivity contribution in [1.29, 1.82) is 0 Å². The van der Waals surface area contributed by atoms with Crippen molar-refractivity contribution < 1.29 is 4.79 Å². The summed E-state index contributed by atoms with van der Waals surface area (Å²) in [5, 5.41) is 2.98. The van der Waals surface area contributed by atoms with Gasteiger partial charge in [0.05, 0.1) is 6.54 Å². The first kappa shape index (κ1) is 16.0. The van der Waals surface area contributed by atoms with Gasteiger partial charge in [-0.05, 0) is 68.9 Å². The third-order valence-electron chi connectivity index (χ3n) is 4.30. The van der Waals surface area contributed by atoms with Crippen LogP contribution in [0.1, 0.15) is 31.7 Å². The molecule has 1 heterocycles. The number of likely N-dealkylation sites (tertiary alicyclic amines) is 1. The SMILES string of the molecule is CCc1ccc(NC(=O)CN2CCC(CCN)CC2)cc1. The van der Waals surface area contributed by atoms with Crippen LogP contribution in [0.25, 0.3) is 0 Å². The van der Waals surface area contributed by atoms with Crippen LogP contribution in [0.5, 0.6) is 0 Å². The molecule has 2 rings (SSSR count). The normalized spacial score (nSPS) is 16.9. The van der Waals surface area contributed by atoms with Gasteiger partial charge in [-0.2, -0.15) is 0 Å². The van der Waals surface area contributed by atoms with Crippen molar-refractivity contribution in [3.8, 4) is 0 Å². The van der Waals surface area contributed by atoms with Gasteiger partial charge in [0.1, 0.15) is 0 Å². The molecule has 21 heavy (non-hydrogen) atoms. The van der Waals surface area contributed by atoms with E-state index in [0.717, 1.165) is 56.9 Å². The number of rotatable bonds is 6. The summed E-state index contributed by atoms with van der Waals surface area (Å²) in [7, 11) is 0. The summed E-state index contributed by atoms with van der Waals surface area (Å²) in [5.41, 5.74) is 7.78. The van der Waals surface area contributed by atoms with Gasteiger partial charge in [0.15, 0.2) is 0 Å². The Morgan fingerprint density at radius 3 is 2.52 bits per heavy atom. The summed E-state index contributed by atoms with van der Waals surface area (Å²) in [6, 6.07) is 8.08. The highest BCUT2D eigenvalue weighted by molar-refractivity contribution is 5.92. The summed E-state index contributed by atoms with van der Waals surface area (Å²) in [4.78, 5) is 14.3. The third kappa shape index (κ3) is 5.14. The number of nitrogens with zero attached hydrogens (tertiary/aromatic N) is 1. The first-order valence-electron chi connectivity index (χ1n) is 8.02. The van der Waals surface area contributed by atoms with Gasteiger partial charge in [0, 0.05) is 5.69 Å². The van der Waals surface area contributed by atoms with Crippen LogP contribution in [0.15, 0.2) is 24.3 Å². The van der Waals surface area contributed by atoms with Crippen LogP contribution in [-0.4, -0.2) is 37.0 Å². The standard InChI is InChI=1S/C17H27N3O/c1-2-14-3-5-16(6-4-14)19-17(21)13-20-11-8-15(7-10-18)9-12-20/h3-6,15H,2,7-13,18H2,1H3,(H,19,21). The van der Waals surface area contributed by atoms with Crippen molar-refractivity contribution in [2.24, 2.45) is 11.7 Å². The van der Waals surface area contributed by atoms with Gasteiger partial charge in [0.25, 0.3) is 0 Å². The predicted molar refractivity (Wildman–Crippen MR) is 87.3 cm³/mol. The monoisotopic (exact) mass is 289 g/mol. The Bertz CT molecular complexity index is 436. The van der Waals surface area contributed by atoms with Crippen LogP contribution in [0.3, 0.4) is 0 Å². The van der Waals surface area contributed by atoms with Crippen LogP contribution in [0, 0.1) is 5.92 Å². The Kier molecular flexibility index (Phi) is 6.21. The molecule has 1 fully saturated rings. The number of nitrogens with one attached hydrogen (secondary N) is 1. The maximum absolute atomic E-state index is 12.1. The van der Waals surface area contributed by atoms with Crippen molar-refractivity contribution in [2.45, 2.75) is 32.6 Å². The lowest BCUT2D eigenvalue weighted by Crippen LogP contribution is -2.39. The molecule has 3 N–H and O–H groups in total. The quantitative estimate of drug-likeness (QED) is 0.844. The highest BCUT2D eigenvalue weighted by Crippen LogP contribution is 2.19. The molecule has 0 spiro atoms. The van der Waals surface area contributed by atoms with Crippen molar-refractivity contribution in [1.82, 2.24) is 4.90 Å². The van der Waals surface area contributed by atoms with Crippen molar-refractivity contribution in [2.75, 3.05) is 31.5 Å². The third-order valence-corrected chi connectivity index (χ3v) is 4.30. The summed E-state index contributed by atoms with van der Waals surface area (Å²) in [6.45, 7) is 5.41. The number of piperidine rings is 1. The van der Waals surface area contributed by atoms with Crippen LogP contribution in [-0.2, 0) is 11.2 Å². The van der Waals surface area contributed by atoms with E-state index in [1.54, 1.807) is 0 Å². The lowest BCUT2D eigenvalue weighted by molar-refractivity contribution is -0.117. The molecule has 1 aliphatic rings. The maximum atomic E-state index is 12.1. The van der Waals surface area contributed by atoms with Gasteiger partial charge >= 0.3 is 0 Å². The number of carbonyl (C=O) groups is 1. The lowest BCUT2D eigenvalue weighted by Gasteiger charge is -2.31. The van der Waals surface area contributed by atoms with E-state index in [-0.39, 0.29) is 5.91 Å². The first-order chi connectivity index (χ1) is 10.2. The number of amides is 1. The number of benzene rings is 1. The highest BCUT2D eigenvalue weighted by Gasteiger charge is 2.20. The molecule has 1 aromatic rings. The van der Waals surface area contributed by atoms with Crippen LogP contribution in [0.2, 0.25) is 0 Å². The molecule has 1 amide bonds. The van der Waals surface area contributed by atoms with Gasteiger partial charge in [-0.25, -0.2) is 0 Å². The van der Waals surface area contributed by atoms with Crippen molar-refractivity contribution >= 4 is 11.6 Å². The Morgan fingerprint density at radius 2 is 1.95 bits per heavy atom. The fourth-order valence-corrected chi connectivity index (χ4v) is 2.90. The molecule has 0 radical (unpaired) electrons. The second-order valence-corrected chi connectivity index (χ2v) is 5.90. The average molecular weight is 289 g/mol. The smallest absolute Gasteiger partial charge is 0.238 e. The largest absolute Gasteiger partial charge is 0.330 e. The van der Waals surface area contributed by atoms with Gasteiger partial charge in [0.2, 0.25) is 5.91 Å². The summed E-state index contributed by atoms with van der Waals surface area (Å²) in [5.74, 6) is 0.826. The van der Waals surface area contributed by atoms with E-state index in [1.165, 1.54) is 5.56 Å². The van der Waals surface area contributed by atoms with Gasteiger partial charge in [-0.3, -0.25) is 9.69 Å². The number of hydrogen-bond acceptors (Lipinski definition) is 3. The molecule has 0 bridgehead atoms. The second kappa shape index (κ2) is 8.15. The number of hydrogen-bond donors (Lipinski definition) is 2. The Labute approximate surface area is 127 Å². The van der Waals surface area contributed by atoms with E-state index in [0.29, 0.717) is 6.54 Å². The summed E-state index contributed by atoms with van der Waals surface area (Å²) in [6.07, 6.45) is 4.46. The predicted octanol–water partition coefficient (Wildman–Crippen LogP) is 2.25. The summed E-state index contributed by atoms with van der Waals surface area (Å²) >= 11 is 0. The molecule has 0 aliphatic carbocycles. The van der Waals surface area contributed by atoms with E-state index in [1.807, 2.05) is 12.1 Å². The number of nitrogens with two attached hydrogens (primary N) is 1. The zero-order valence-electron chi connectivity index (χ0n) is 13.0. The molecule has 0 atom stereocenters. The van der Waals surface area contributed by atoms with E-state index in [4.69, 9.17) is 5.73 Å². The molecule has 0 unspecified atom stereocenters. The minimum atomic E-state index is 0.0801. The van der Waals surface area contributed by atoms with E-state index in [2.05, 4.69) is 29.3 Å². The van der Waals surface area contributed by atoms with Crippen LogP contribution >= 0.6 is 0 Å². The van der Waals surface area contributed by atoms with E-state index in [9.17, 15) is 4.79 Å². The van der Waals surface area contributed by atoms with Crippen LogP contribution in [0.4, 0.5) is 5.69 Å². The fourth-order valence-electron chi connectivity index (χ4n) is 2.90. The van der Waals surface area contributed by atoms with Crippen molar-refractivity contribution in [3.05, 3.63) is 29.8 Å². The highest BCUT2D eigenvalue weighted by atomic mass is 16.2. The topological polar surface area (TPSA) is 58.4 Å². The van der Waals surface area contributed by atoms with Crippen LogP contribution < -0.4 is 11.1 Å². The zero-order chi connectivity index (χ0) is 15.1. The molecular weight excluding hydrogens is 262 g/mol. The van der Waals surface area contributed by atoms with Gasteiger partial charge in [-0.15, -0.1) is 0 Å². The lowest BCUT2D eigenvalue weighted by atomic mass is 9.94. The summed E-state index contributed by atoms with van der Waals surface area (Å²) < 4.78 is 0. The molecule has 116 valence electrons. The zero-order valence-corrected chi connectivity index (χ0v) is 13.0.